The number of carbonyl (C=O) groups excluding carboxylic acids is 1. The Hall–Kier alpha value is -2.48. The Labute approximate surface area is 140 Å². The molecule has 8 nitrogen and oxygen atoms in total. The molecule has 2 aromatic heterocycles. The van der Waals surface area contributed by atoms with Gasteiger partial charge >= 0.3 is 5.97 Å². The van der Waals surface area contributed by atoms with Gasteiger partial charge in [0.1, 0.15) is 11.3 Å². The summed E-state index contributed by atoms with van der Waals surface area (Å²) in [6.45, 7) is 7.84. The topological polar surface area (TPSA) is 89.5 Å². The van der Waals surface area contributed by atoms with Gasteiger partial charge in [-0.25, -0.2) is 14.8 Å². The number of nitrogens with zero attached hydrogens (tertiary/aromatic N) is 4. The van der Waals surface area contributed by atoms with E-state index in [1.807, 2.05) is 6.92 Å². The Bertz CT molecular complexity index is 731. The quantitative estimate of drug-likeness (QED) is 0.812. The summed E-state index contributed by atoms with van der Waals surface area (Å²) in [5.41, 5.74) is 0.805. The van der Waals surface area contributed by atoms with E-state index in [1.54, 1.807) is 13.1 Å². The van der Waals surface area contributed by atoms with Crippen LogP contribution in [0.15, 0.2) is 12.4 Å². The smallest absolute Gasteiger partial charge is 0.343 e. The van der Waals surface area contributed by atoms with Gasteiger partial charge in [0.25, 0.3) is 0 Å². The van der Waals surface area contributed by atoms with Gasteiger partial charge in [0.15, 0.2) is 5.65 Å². The molecule has 1 N–H and O–H groups in total. The zero-order valence-corrected chi connectivity index (χ0v) is 13.9. The van der Waals surface area contributed by atoms with Gasteiger partial charge in [0.05, 0.1) is 18.6 Å². The van der Waals surface area contributed by atoms with Gasteiger partial charge in [-0.2, -0.15) is 4.98 Å². The first kappa shape index (κ1) is 16.4. The lowest BCUT2D eigenvalue weighted by Gasteiger charge is -2.27. The number of fused-ring (bicyclic) bond motifs is 1. The van der Waals surface area contributed by atoms with E-state index in [4.69, 9.17) is 9.47 Å². The van der Waals surface area contributed by atoms with E-state index in [9.17, 15) is 4.79 Å². The fourth-order valence-electron chi connectivity index (χ4n) is 2.62. The van der Waals surface area contributed by atoms with Crippen LogP contribution in [0.4, 0.5) is 5.95 Å². The van der Waals surface area contributed by atoms with E-state index >= 15 is 0 Å². The lowest BCUT2D eigenvalue weighted by Crippen LogP contribution is -2.44. The molecule has 0 aromatic carbocycles. The molecule has 0 bridgehead atoms. The van der Waals surface area contributed by atoms with Crippen molar-refractivity contribution >= 4 is 23.0 Å². The Morgan fingerprint density at radius 2 is 2.00 bits per heavy atom. The highest BCUT2D eigenvalue weighted by atomic mass is 16.5. The van der Waals surface area contributed by atoms with Crippen molar-refractivity contribution < 1.29 is 14.3 Å². The lowest BCUT2D eigenvalue weighted by atomic mass is 10.2. The van der Waals surface area contributed by atoms with Crippen LogP contribution in [0, 0.1) is 0 Å². The van der Waals surface area contributed by atoms with Gasteiger partial charge < -0.3 is 19.7 Å². The number of hydrogen-bond acceptors (Lipinski definition) is 8. The second-order valence-electron chi connectivity index (χ2n) is 5.30. The van der Waals surface area contributed by atoms with Crippen molar-refractivity contribution in [3.8, 4) is 5.75 Å². The number of aromatic nitrogens is 3. The van der Waals surface area contributed by atoms with E-state index in [2.05, 4.69) is 25.2 Å². The number of pyridine rings is 1. The number of anilines is 1. The van der Waals surface area contributed by atoms with Crippen molar-refractivity contribution in [3.63, 3.8) is 0 Å². The fraction of sp³-hybridized carbons (Fsp3) is 0.500. The average molecular weight is 331 g/mol. The highest BCUT2D eigenvalue weighted by Crippen LogP contribution is 2.28. The monoisotopic (exact) mass is 331 g/mol. The number of piperazine rings is 1. The summed E-state index contributed by atoms with van der Waals surface area (Å²) in [4.78, 5) is 27.5. The first-order valence-electron chi connectivity index (χ1n) is 8.16. The molecule has 1 aliphatic rings. The predicted molar refractivity (Wildman–Crippen MR) is 89.5 cm³/mol. The number of carbonyl (C=O) groups is 1. The fourth-order valence-corrected chi connectivity index (χ4v) is 2.62. The minimum atomic E-state index is -0.457. The SMILES string of the molecule is CCOC(=O)c1cnc2nc(N3CCNCC3)ncc2c1OCC. The van der Waals surface area contributed by atoms with Gasteiger partial charge in [-0.15, -0.1) is 0 Å². The number of nitrogens with one attached hydrogen (secondary N) is 1. The van der Waals surface area contributed by atoms with Crippen molar-refractivity contribution in [2.24, 2.45) is 0 Å². The van der Waals surface area contributed by atoms with Crippen LogP contribution < -0.4 is 15.0 Å². The van der Waals surface area contributed by atoms with E-state index in [1.165, 1.54) is 6.20 Å². The zero-order valence-electron chi connectivity index (χ0n) is 13.9. The minimum Gasteiger partial charge on any atom is -0.492 e. The third-order valence-corrected chi connectivity index (χ3v) is 3.74. The first-order chi connectivity index (χ1) is 11.7. The summed E-state index contributed by atoms with van der Waals surface area (Å²) in [5.74, 6) is 0.608. The average Bonchev–Trinajstić information content (AvgIpc) is 2.62. The Morgan fingerprint density at radius 1 is 1.21 bits per heavy atom. The number of rotatable bonds is 5. The third kappa shape index (κ3) is 3.23. The molecule has 2 aromatic rings. The molecule has 0 saturated carbocycles. The Kier molecular flexibility index (Phi) is 5.05. The number of ether oxygens (including phenoxy) is 2. The van der Waals surface area contributed by atoms with Crippen LogP contribution in [0.2, 0.25) is 0 Å². The van der Waals surface area contributed by atoms with E-state index < -0.39 is 5.97 Å². The van der Waals surface area contributed by atoms with Gasteiger partial charge in [0.2, 0.25) is 5.95 Å². The number of esters is 1. The Balaban J connectivity index is 2.02. The zero-order chi connectivity index (χ0) is 16.9. The second-order valence-corrected chi connectivity index (χ2v) is 5.30. The molecule has 8 heteroatoms. The van der Waals surface area contributed by atoms with E-state index in [0.29, 0.717) is 41.5 Å². The normalized spacial score (nSPS) is 14.7. The minimum absolute atomic E-state index is 0.293. The molecule has 1 saturated heterocycles. The lowest BCUT2D eigenvalue weighted by molar-refractivity contribution is 0.0522. The van der Waals surface area contributed by atoms with Crippen LogP contribution in [-0.2, 0) is 4.74 Å². The largest absolute Gasteiger partial charge is 0.492 e. The van der Waals surface area contributed by atoms with Crippen LogP contribution in [0.25, 0.3) is 11.0 Å². The van der Waals surface area contributed by atoms with Gasteiger partial charge in [-0.05, 0) is 13.8 Å². The summed E-state index contributed by atoms with van der Waals surface area (Å²) in [7, 11) is 0. The summed E-state index contributed by atoms with van der Waals surface area (Å²) in [6, 6.07) is 0. The summed E-state index contributed by atoms with van der Waals surface area (Å²) in [6.07, 6.45) is 3.13. The van der Waals surface area contributed by atoms with Crippen molar-refractivity contribution in [1.29, 1.82) is 0 Å². The van der Waals surface area contributed by atoms with Gasteiger partial charge in [0, 0.05) is 38.6 Å². The molecule has 3 rings (SSSR count). The first-order valence-corrected chi connectivity index (χ1v) is 8.16. The van der Waals surface area contributed by atoms with Crippen molar-refractivity contribution in [2.45, 2.75) is 13.8 Å². The van der Waals surface area contributed by atoms with Gasteiger partial charge in [-0.1, -0.05) is 0 Å². The van der Waals surface area contributed by atoms with E-state index in [-0.39, 0.29) is 0 Å². The molecule has 1 fully saturated rings. The van der Waals surface area contributed by atoms with E-state index in [0.717, 1.165) is 26.2 Å². The van der Waals surface area contributed by atoms with Crippen LogP contribution in [0.5, 0.6) is 5.75 Å². The molecule has 0 atom stereocenters. The van der Waals surface area contributed by atoms with Crippen molar-refractivity contribution in [1.82, 2.24) is 20.3 Å². The molecule has 0 spiro atoms. The Morgan fingerprint density at radius 3 is 2.71 bits per heavy atom. The molecule has 0 unspecified atom stereocenters. The number of hydrogen-bond donors (Lipinski definition) is 1. The van der Waals surface area contributed by atoms with Crippen molar-refractivity contribution in [2.75, 3.05) is 44.3 Å². The molecular formula is C16H21N5O3. The highest BCUT2D eigenvalue weighted by molar-refractivity contribution is 5.98. The molecule has 3 heterocycles. The molecule has 24 heavy (non-hydrogen) atoms. The maximum absolute atomic E-state index is 12.1. The summed E-state index contributed by atoms with van der Waals surface area (Å²) in [5, 5.41) is 3.91. The molecule has 0 radical (unpaired) electrons. The van der Waals surface area contributed by atoms with Crippen molar-refractivity contribution in [3.05, 3.63) is 18.0 Å². The summed E-state index contributed by atoms with van der Waals surface area (Å²) < 4.78 is 10.7. The highest BCUT2D eigenvalue weighted by Gasteiger charge is 2.20. The second kappa shape index (κ2) is 7.39. The maximum Gasteiger partial charge on any atom is 0.343 e. The standard InChI is InChI=1S/C16H21N5O3/c1-3-23-13-11-9-19-16(21-7-5-17-6-8-21)20-14(11)18-10-12(13)15(22)24-4-2/h9-10,17H,3-8H2,1-2H3. The molecule has 128 valence electrons. The van der Waals surface area contributed by atoms with Crippen LogP contribution in [-0.4, -0.2) is 60.3 Å². The molecule has 1 aliphatic heterocycles. The molecule has 0 amide bonds. The van der Waals surface area contributed by atoms with Gasteiger partial charge in [-0.3, -0.25) is 0 Å². The molecular weight excluding hydrogens is 310 g/mol. The van der Waals surface area contributed by atoms with Crippen LogP contribution >= 0.6 is 0 Å². The third-order valence-electron chi connectivity index (χ3n) is 3.74. The van der Waals surface area contributed by atoms with Crippen LogP contribution in [0.1, 0.15) is 24.2 Å². The molecule has 0 aliphatic carbocycles. The predicted octanol–water partition coefficient (Wildman–Crippen LogP) is 1.01. The summed E-state index contributed by atoms with van der Waals surface area (Å²) >= 11 is 0. The van der Waals surface area contributed by atoms with Crippen LogP contribution in [0.3, 0.4) is 0 Å². The maximum atomic E-state index is 12.1.